The molecule has 3 aromatic rings. The highest BCUT2D eigenvalue weighted by molar-refractivity contribution is 6.30. The van der Waals surface area contributed by atoms with Crippen molar-refractivity contribution >= 4 is 11.6 Å². The predicted octanol–water partition coefficient (Wildman–Crippen LogP) is 4.31. The van der Waals surface area contributed by atoms with Gasteiger partial charge in [0, 0.05) is 16.1 Å². The highest BCUT2D eigenvalue weighted by atomic mass is 35.5. The lowest BCUT2D eigenvalue weighted by Gasteiger charge is -2.20. The first-order valence-corrected chi connectivity index (χ1v) is 9.76. The Morgan fingerprint density at radius 1 is 1.17 bits per heavy atom. The smallest absolute Gasteiger partial charge is 0.366 e. The topological polar surface area (TPSA) is 73.5 Å². The van der Waals surface area contributed by atoms with Crippen molar-refractivity contribution < 1.29 is 14.3 Å². The Kier molecular flexibility index (Phi) is 6.43. The number of aryl methyl sites for hydroxylation is 1. The largest absolute Gasteiger partial charge is 0.421 e. The summed E-state index contributed by atoms with van der Waals surface area (Å²) in [4.78, 5) is 25.3. The van der Waals surface area contributed by atoms with Crippen LogP contribution in [0.2, 0.25) is 5.02 Å². The Morgan fingerprint density at radius 3 is 2.53 bits per heavy atom. The average molecular weight is 433 g/mol. The van der Waals surface area contributed by atoms with Gasteiger partial charge < -0.3 is 9.94 Å². The predicted molar refractivity (Wildman–Crippen MR) is 113 cm³/mol. The molecule has 8 heteroatoms. The SMILES string of the molecule is Cc1cccc(-c2c(C(C)C)c(=O)n(O)c(=O)n2COCc2ccc(Cl)cc2F)c1. The van der Waals surface area contributed by atoms with E-state index in [9.17, 15) is 19.2 Å². The number of aromatic nitrogens is 2. The molecule has 6 nitrogen and oxygen atoms in total. The van der Waals surface area contributed by atoms with Crippen LogP contribution in [0, 0.1) is 12.7 Å². The molecule has 0 aliphatic rings. The maximum absolute atomic E-state index is 14.0. The van der Waals surface area contributed by atoms with Gasteiger partial charge in [0.2, 0.25) is 0 Å². The third kappa shape index (κ3) is 4.32. The maximum Gasteiger partial charge on any atom is 0.366 e. The molecule has 1 N–H and O–H groups in total. The average Bonchev–Trinajstić information content (AvgIpc) is 2.68. The molecule has 1 aromatic heterocycles. The highest BCUT2D eigenvalue weighted by Crippen LogP contribution is 2.27. The van der Waals surface area contributed by atoms with E-state index in [2.05, 4.69) is 0 Å². The minimum atomic E-state index is -0.933. The van der Waals surface area contributed by atoms with Gasteiger partial charge in [0.05, 0.1) is 12.3 Å². The highest BCUT2D eigenvalue weighted by Gasteiger charge is 2.22. The van der Waals surface area contributed by atoms with Gasteiger partial charge in [-0.3, -0.25) is 9.36 Å². The zero-order valence-electron chi connectivity index (χ0n) is 16.9. The molecule has 0 bridgehead atoms. The molecule has 0 unspecified atom stereocenters. The summed E-state index contributed by atoms with van der Waals surface area (Å²) in [7, 11) is 0. The van der Waals surface area contributed by atoms with Crippen LogP contribution >= 0.6 is 11.6 Å². The van der Waals surface area contributed by atoms with Crippen molar-refractivity contribution in [3.8, 4) is 11.3 Å². The Bertz CT molecular complexity index is 1200. The van der Waals surface area contributed by atoms with Crippen LogP contribution in [-0.4, -0.2) is 14.5 Å². The van der Waals surface area contributed by atoms with Crippen molar-refractivity contribution in [3.63, 3.8) is 0 Å². The summed E-state index contributed by atoms with van der Waals surface area (Å²) in [6.45, 7) is 5.09. The van der Waals surface area contributed by atoms with Crippen molar-refractivity contribution in [1.82, 2.24) is 9.30 Å². The van der Waals surface area contributed by atoms with E-state index in [1.54, 1.807) is 26.0 Å². The minimum absolute atomic E-state index is 0.0842. The van der Waals surface area contributed by atoms with Crippen LogP contribution in [0.15, 0.2) is 52.1 Å². The van der Waals surface area contributed by atoms with Gasteiger partial charge in [-0.05, 0) is 36.6 Å². The molecule has 0 radical (unpaired) electrons. The summed E-state index contributed by atoms with van der Waals surface area (Å²) in [6, 6.07) is 11.6. The molecule has 0 spiro atoms. The normalized spacial score (nSPS) is 11.3. The molecule has 158 valence electrons. The third-order valence-corrected chi connectivity index (χ3v) is 4.96. The van der Waals surface area contributed by atoms with Crippen LogP contribution in [-0.2, 0) is 18.1 Å². The van der Waals surface area contributed by atoms with Gasteiger partial charge in [-0.25, -0.2) is 9.18 Å². The van der Waals surface area contributed by atoms with E-state index in [0.29, 0.717) is 11.3 Å². The summed E-state index contributed by atoms with van der Waals surface area (Å²) in [6.07, 6.45) is 0. The van der Waals surface area contributed by atoms with E-state index >= 15 is 0 Å². The Balaban J connectivity index is 2.08. The Hall–Kier alpha value is -2.90. The molecule has 1 heterocycles. The van der Waals surface area contributed by atoms with Crippen molar-refractivity contribution in [2.75, 3.05) is 0 Å². The lowest BCUT2D eigenvalue weighted by atomic mass is 9.97. The molecule has 0 aliphatic heterocycles. The molecule has 0 saturated heterocycles. The van der Waals surface area contributed by atoms with Gasteiger partial charge in [-0.15, -0.1) is 0 Å². The van der Waals surface area contributed by atoms with Gasteiger partial charge in [-0.2, -0.15) is 0 Å². The summed E-state index contributed by atoms with van der Waals surface area (Å²) >= 11 is 5.76. The molecule has 0 atom stereocenters. The quantitative estimate of drug-likeness (QED) is 0.589. The molecule has 0 saturated carbocycles. The first kappa shape index (κ1) is 21.8. The van der Waals surface area contributed by atoms with Crippen LogP contribution in [0.3, 0.4) is 0 Å². The molecular weight excluding hydrogens is 411 g/mol. The van der Waals surface area contributed by atoms with Crippen LogP contribution in [0.4, 0.5) is 4.39 Å². The third-order valence-electron chi connectivity index (χ3n) is 4.72. The molecule has 2 aromatic carbocycles. The summed E-state index contributed by atoms with van der Waals surface area (Å²) in [5.74, 6) is -0.796. The van der Waals surface area contributed by atoms with Gasteiger partial charge in [0.1, 0.15) is 12.5 Å². The van der Waals surface area contributed by atoms with Crippen molar-refractivity contribution in [2.24, 2.45) is 0 Å². The second-order valence-corrected chi connectivity index (χ2v) is 7.76. The number of hydrogen-bond donors (Lipinski definition) is 1. The number of rotatable bonds is 6. The van der Waals surface area contributed by atoms with Crippen molar-refractivity contribution in [1.29, 1.82) is 0 Å². The van der Waals surface area contributed by atoms with E-state index in [1.165, 1.54) is 16.7 Å². The van der Waals surface area contributed by atoms with Gasteiger partial charge in [-0.1, -0.05) is 60.0 Å². The summed E-state index contributed by atoms with van der Waals surface area (Å²) in [5, 5.41) is 10.3. The number of hydrogen-bond acceptors (Lipinski definition) is 4. The zero-order valence-corrected chi connectivity index (χ0v) is 17.6. The van der Waals surface area contributed by atoms with Crippen LogP contribution < -0.4 is 11.2 Å². The Labute approximate surface area is 177 Å². The van der Waals surface area contributed by atoms with Crippen LogP contribution in [0.5, 0.6) is 0 Å². The van der Waals surface area contributed by atoms with E-state index in [4.69, 9.17) is 16.3 Å². The van der Waals surface area contributed by atoms with E-state index in [1.807, 2.05) is 25.1 Å². The zero-order chi connectivity index (χ0) is 22.0. The van der Waals surface area contributed by atoms with E-state index in [-0.39, 0.29) is 40.1 Å². The minimum Gasteiger partial charge on any atom is -0.421 e. The lowest BCUT2D eigenvalue weighted by molar-refractivity contribution is 0.0516. The van der Waals surface area contributed by atoms with Crippen LogP contribution in [0.25, 0.3) is 11.3 Å². The van der Waals surface area contributed by atoms with Gasteiger partial charge >= 0.3 is 5.69 Å². The van der Waals surface area contributed by atoms with E-state index in [0.717, 1.165) is 5.56 Å². The number of nitrogens with zero attached hydrogens (tertiary/aromatic N) is 2. The van der Waals surface area contributed by atoms with Gasteiger partial charge in [0.25, 0.3) is 5.56 Å². The molecule has 0 fully saturated rings. The van der Waals surface area contributed by atoms with Crippen molar-refractivity contribution in [2.45, 2.75) is 40.0 Å². The number of benzene rings is 2. The molecular formula is C22H22ClFN2O4. The lowest BCUT2D eigenvalue weighted by Crippen LogP contribution is -2.42. The first-order chi connectivity index (χ1) is 14.2. The second-order valence-electron chi connectivity index (χ2n) is 7.33. The van der Waals surface area contributed by atoms with Crippen LogP contribution in [0.1, 0.15) is 36.5 Å². The molecule has 0 aliphatic carbocycles. The fourth-order valence-corrected chi connectivity index (χ4v) is 3.45. The molecule has 0 amide bonds. The fourth-order valence-electron chi connectivity index (χ4n) is 3.29. The maximum atomic E-state index is 14.0. The van der Waals surface area contributed by atoms with Crippen molar-refractivity contribution in [3.05, 3.63) is 90.8 Å². The molecule has 30 heavy (non-hydrogen) atoms. The van der Waals surface area contributed by atoms with Gasteiger partial charge in [0.15, 0.2) is 0 Å². The summed E-state index contributed by atoms with van der Waals surface area (Å²) in [5.41, 5.74) is 0.804. The fraction of sp³-hybridized carbons (Fsp3) is 0.273. The first-order valence-electron chi connectivity index (χ1n) is 9.38. The second kappa shape index (κ2) is 8.85. The number of halogens is 2. The monoisotopic (exact) mass is 432 g/mol. The summed E-state index contributed by atoms with van der Waals surface area (Å²) < 4.78 is 20.9. The standard InChI is InChI=1S/C22H22ClFN2O4/c1-13(2)19-20(15-6-4-5-14(3)9-15)25(22(28)26(29)21(19)27)12-30-11-16-7-8-17(23)10-18(16)24/h4-10,13,29H,11-12H2,1-3H3. The molecule has 3 rings (SSSR count). The number of ether oxygens (including phenoxy) is 1. The Morgan fingerprint density at radius 2 is 1.90 bits per heavy atom. The van der Waals surface area contributed by atoms with E-state index < -0.39 is 17.1 Å².